The topological polar surface area (TPSA) is 26.0 Å². The Hall–Kier alpha value is 0.250. The maximum Gasteiger partial charge on any atom is 0.0108 e. The fourth-order valence-electron chi connectivity index (χ4n) is 0.925. The minimum absolute atomic E-state index is 0.867. The first-order valence-corrected chi connectivity index (χ1v) is 5.25. The lowest BCUT2D eigenvalue weighted by Gasteiger charge is -1.96. The second-order valence-electron chi connectivity index (χ2n) is 2.56. The Morgan fingerprint density at radius 2 is 1.36 bits per heavy atom. The van der Waals surface area contributed by atoms with Crippen molar-refractivity contribution in [2.75, 3.05) is 12.9 Å². The molecule has 0 aliphatic heterocycles. The summed E-state index contributed by atoms with van der Waals surface area (Å²) in [5.41, 5.74) is 5.34. The van der Waals surface area contributed by atoms with Gasteiger partial charge in [0.15, 0.2) is 0 Å². The van der Waals surface area contributed by atoms with Crippen LogP contribution < -0.4 is 5.73 Å². The molecule has 0 radical (unpaired) electrons. The van der Waals surface area contributed by atoms with Gasteiger partial charge in [0.25, 0.3) is 0 Å². The van der Waals surface area contributed by atoms with E-state index in [4.69, 9.17) is 5.73 Å². The number of halogens is 1. The van der Waals surface area contributed by atoms with E-state index in [0.29, 0.717) is 0 Å². The van der Waals surface area contributed by atoms with Crippen molar-refractivity contribution >= 4 is 11.6 Å². The molecule has 0 aromatic heterocycles. The van der Waals surface area contributed by atoms with E-state index in [1.54, 1.807) is 0 Å². The van der Waals surface area contributed by atoms with Crippen LogP contribution in [0.25, 0.3) is 0 Å². The maximum atomic E-state index is 5.34. The van der Waals surface area contributed by atoms with E-state index in [2.05, 4.69) is 18.5 Å². The van der Waals surface area contributed by atoms with Crippen LogP contribution in [0.2, 0.25) is 0 Å². The van der Waals surface area contributed by atoms with Gasteiger partial charge in [0, 0.05) is 6.38 Å². The fourth-order valence-corrected chi connectivity index (χ4v) is 0.925. The molecule has 0 saturated carbocycles. The summed E-state index contributed by atoms with van der Waals surface area (Å²) >= 11 is 4.64. The molecule has 0 rings (SSSR count). The Morgan fingerprint density at radius 3 is 1.82 bits per heavy atom. The van der Waals surface area contributed by atoms with Crippen LogP contribution in [-0.2, 0) is 0 Å². The van der Waals surface area contributed by atoms with Crippen LogP contribution in [-0.4, -0.2) is 12.9 Å². The number of unbranched alkanes of at least 4 members (excludes halogenated alkanes) is 5. The number of alkyl halides is 1. The molecule has 0 fully saturated rings. The van der Waals surface area contributed by atoms with Gasteiger partial charge in [0.1, 0.15) is 0 Å². The first kappa shape index (κ1) is 13.8. The Balaban J connectivity index is 0. The highest BCUT2D eigenvalue weighted by molar-refractivity contribution is 6.15. The van der Waals surface area contributed by atoms with Crippen molar-refractivity contribution < 1.29 is 0 Å². The molecule has 2 N–H and O–H groups in total. The van der Waals surface area contributed by atoms with Gasteiger partial charge >= 0.3 is 0 Å². The molecule has 0 heterocycles. The molecule has 1 nitrogen and oxygen atoms in total. The Morgan fingerprint density at radius 1 is 0.909 bits per heavy atom. The summed E-state index contributed by atoms with van der Waals surface area (Å²) < 4.78 is 0. The number of nitrogens with two attached hydrogens (primary N) is 1. The Labute approximate surface area is 76.3 Å². The first-order valence-electron chi connectivity index (χ1n) is 4.49. The maximum absolute atomic E-state index is 5.34. The molecule has 0 atom stereocenters. The van der Waals surface area contributed by atoms with Crippen molar-refractivity contribution in [3.8, 4) is 0 Å². The molecule has 0 aromatic rings. The van der Waals surface area contributed by atoms with E-state index in [1.807, 2.05) is 0 Å². The van der Waals surface area contributed by atoms with Gasteiger partial charge in [-0.25, -0.2) is 0 Å². The van der Waals surface area contributed by atoms with Crippen LogP contribution in [0, 0.1) is 0 Å². The molecule has 0 amide bonds. The van der Waals surface area contributed by atoms with E-state index in [9.17, 15) is 0 Å². The molecule has 0 aromatic carbocycles. The van der Waals surface area contributed by atoms with Gasteiger partial charge in [-0.2, -0.15) is 0 Å². The molecule has 70 valence electrons. The van der Waals surface area contributed by atoms with E-state index in [1.165, 1.54) is 44.9 Å². The van der Waals surface area contributed by atoms with Crippen molar-refractivity contribution in [1.82, 2.24) is 0 Å². The van der Waals surface area contributed by atoms with Gasteiger partial charge in [-0.1, -0.05) is 39.0 Å². The predicted molar refractivity (Wildman–Crippen MR) is 54.2 cm³/mol. The monoisotopic (exact) mass is 179 g/mol. The lowest BCUT2D eigenvalue weighted by molar-refractivity contribution is 0.612. The second kappa shape index (κ2) is 16.7. The van der Waals surface area contributed by atoms with Gasteiger partial charge in [-0.3, -0.25) is 0 Å². The molecular weight excluding hydrogens is 158 g/mol. The van der Waals surface area contributed by atoms with E-state index in [0.717, 1.165) is 6.54 Å². The normalized spacial score (nSPS) is 8.73. The smallest absolute Gasteiger partial charge is 0.0108 e. The van der Waals surface area contributed by atoms with Crippen LogP contribution >= 0.6 is 11.6 Å². The lowest BCUT2D eigenvalue weighted by atomic mass is 10.1. The highest BCUT2D eigenvalue weighted by Gasteiger charge is 1.85. The fraction of sp³-hybridized carbons (Fsp3) is 1.00. The minimum atomic E-state index is 0.867. The second-order valence-corrected chi connectivity index (χ2v) is 2.56. The Kier molecular flexibility index (Phi) is 21.0. The summed E-state index contributed by atoms with van der Waals surface area (Å²) in [5, 5.41) is 0. The highest BCUT2D eigenvalue weighted by atomic mass is 35.5. The molecule has 2 heteroatoms. The summed E-state index contributed by atoms with van der Waals surface area (Å²) in [4.78, 5) is 0. The third-order valence-electron chi connectivity index (χ3n) is 1.56. The van der Waals surface area contributed by atoms with Gasteiger partial charge in [0.05, 0.1) is 0 Å². The summed E-state index contributed by atoms with van der Waals surface area (Å²) in [6.45, 7) is 3.11. The third-order valence-corrected chi connectivity index (χ3v) is 1.56. The average Bonchev–Trinajstić information content (AvgIpc) is 2.08. The van der Waals surface area contributed by atoms with Crippen LogP contribution in [0.5, 0.6) is 0 Å². The van der Waals surface area contributed by atoms with Crippen molar-refractivity contribution in [2.24, 2.45) is 5.73 Å². The molecular formula is C9H22ClN. The lowest BCUT2D eigenvalue weighted by Crippen LogP contribution is -1.97. The highest BCUT2D eigenvalue weighted by Crippen LogP contribution is 2.03. The quantitative estimate of drug-likeness (QED) is 0.492. The van der Waals surface area contributed by atoms with E-state index >= 15 is 0 Å². The number of rotatable bonds is 6. The van der Waals surface area contributed by atoms with Crippen molar-refractivity contribution in [3.05, 3.63) is 0 Å². The van der Waals surface area contributed by atoms with Crippen LogP contribution in [0.1, 0.15) is 45.4 Å². The first-order chi connectivity index (χ1) is 5.41. The zero-order valence-corrected chi connectivity index (χ0v) is 8.66. The van der Waals surface area contributed by atoms with Crippen LogP contribution in [0.4, 0.5) is 0 Å². The van der Waals surface area contributed by atoms with Crippen molar-refractivity contribution in [1.29, 1.82) is 0 Å². The molecule has 0 unspecified atom stereocenters. The molecule has 11 heavy (non-hydrogen) atoms. The standard InChI is InChI=1S/C8H19N.CH3Cl/c1-2-3-4-5-6-7-8-9;1-2/h2-9H2,1H3;1H3. The van der Waals surface area contributed by atoms with E-state index in [-0.39, 0.29) is 0 Å². The largest absolute Gasteiger partial charge is 0.330 e. The van der Waals surface area contributed by atoms with Gasteiger partial charge in [0.2, 0.25) is 0 Å². The zero-order chi connectivity index (χ0) is 8.95. The molecule has 0 spiro atoms. The van der Waals surface area contributed by atoms with Crippen molar-refractivity contribution in [2.45, 2.75) is 45.4 Å². The van der Waals surface area contributed by atoms with Gasteiger partial charge in [-0.15, -0.1) is 11.6 Å². The average molecular weight is 180 g/mol. The summed E-state index contributed by atoms with van der Waals surface area (Å²) in [6.07, 6.45) is 9.52. The van der Waals surface area contributed by atoms with Gasteiger partial charge < -0.3 is 5.73 Å². The minimum Gasteiger partial charge on any atom is -0.330 e. The molecule has 0 saturated heterocycles. The van der Waals surface area contributed by atoms with Gasteiger partial charge in [-0.05, 0) is 13.0 Å². The molecule has 0 aliphatic carbocycles. The zero-order valence-electron chi connectivity index (χ0n) is 7.91. The SMILES string of the molecule is CCCCCCCCN.CCl. The molecule has 0 bridgehead atoms. The van der Waals surface area contributed by atoms with Crippen LogP contribution in [0.15, 0.2) is 0 Å². The van der Waals surface area contributed by atoms with Crippen LogP contribution in [0.3, 0.4) is 0 Å². The summed E-state index contributed by atoms with van der Waals surface area (Å²) in [5.74, 6) is 0. The summed E-state index contributed by atoms with van der Waals surface area (Å²) in [7, 11) is 0. The Bertz CT molecular complexity index is 42.8. The molecule has 0 aliphatic rings. The summed E-state index contributed by atoms with van der Waals surface area (Å²) in [6, 6.07) is 0. The number of hydrogen-bond donors (Lipinski definition) is 1. The van der Waals surface area contributed by atoms with E-state index < -0.39 is 0 Å². The third kappa shape index (κ3) is 17.9. The van der Waals surface area contributed by atoms with Crippen molar-refractivity contribution in [3.63, 3.8) is 0 Å². The number of hydrogen-bond acceptors (Lipinski definition) is 1. The predicted octanol–water partition coefficient (Wildman–Crippen LogP) is 3.16.